The lowest BCUT2D eigenvalue weighted by Crippen LogP contribution is -2.42. The first-order valence-corrected chi connectivity index (χ1v) is 8.40. The van der Waals surface area contributed by atoms with Crippen molar-refractivity contribution in [3.05, 3.63) is 59.8 Å². The third kappa shape index (κ3) is 2.79. The number of benzene rings is 2. The van der Waals surface area contributed by atoms with E-state index in [0.29, 0.717) is 11.5 Å². The van der Waals surface area contributed by atoms with Gasteiger partial charge in [-0.15, -0.1) is 0 Å². The van der Waals surface area contributed by atoms with E-state index >= 15 is 0 Å². The van der Waals surface area contributed by atoms with Gasteiger partial charge in [-0.2, -0.15) is 5.10 Å². The topological polar surface area (TPSA) is 64.8 Å². The van der Waals surface area contributed by atoms with E-state index in [1.807, 2.05) is 50.4 Å². The summed E-state index contributed by atoms with van der Waals surface area (Å²) < 4.78 is 13.3. The number of nitrogens with one attached hydrogen (secondary N) is 1. The molecule has 1 aliphatic rings. The number of para-hydroxylation sites is 3. The molecule has 0 saturated heterocycles. The summed E-state index contributed by atoms with van der Waals surface area (Å²) in [6.07, 6.45) is 0.948. The van der Waals surface area contributed by atoms with Crippen molar-refractivity contribution in [3.8, 4) is 11.5 Å². The Kier molecular flexibility index (Phi) is 4.08. The third-order valence-corrected chi connectivity index (χ3v) is 4.62. The van der Waals surface area contributed by atoms with Crippen molar-refractivity contribution in [2.75, 3.05) is 6.61 Å². The number of amides is 1. The van der Waals surface area contributed by atoms with Crippen LogP contribution in [-0.4, -0.2) is 29.4 Å². The molecule has 0 unspecified atom stereocenters. The van der Waals surface area contributed by atoms with Crippen molar-refractivity contribution in [2.45, 2.75) is 13.0 Å². The van der Waals surface area contributed by atoms with Crippen molar-refractivity contribution in [1.29, 1.82) is 0 Å². The number of ether oxygens (including phenoxy) is 2. The highest BCUT2D eigenvalue weighted by atomic mass is 16.6. The lowest BCUT2D eigenvalue weighted by atomic mass is 10.1. The molecule has 0 radical (unpaired) electrons. The minimum atomic E-state index is -0.726. The van der Waals surface area contributed by atoms with Crippen LogP contribution >= 0.6 is 0 Å². The number of hydrazone groups is 1. The van der Waals surface area contributed by atoms with Gasteiger partial charge in [0.15, 0.2) is 11.5 Å². The van der Waals surface area contributed by atoms with Crippen LogP contribution in [0.2, 0.25) is 0 Å². The highest BCUT2D eigenvalue weighted by Crippen LogP contribution is 2.30. The number of carbonyl (C=O) groups is 1. The summed E-state index contributed by atoms with van der Waals surface area (Å²) in [6, 6.07) is 15.4. The smallest absolute Gasteiger partial charge is 0.284 e. The average molecular weight is 349 g/mol. The Morgan fingerprint density at radius 1 is 1.19 bits per heavy atom. The predicted molar refractivity (Wildman–Crippen MR) is 99.7 cm³/mol. The first-order valence-electron chi connectivity index (χ1n) is 8.40. The quantitative estimate of drug-likeness (QED) is 0.584. The zero-order valence-corrected chi connectivity index (χ0v) is 14.6. The van der Waals surface area contributed by atoms with Crippen LogP contribution in [0.3, 0.4) is 0 Å². The van der Waals surface area contributed by atoms with Gasteiger partial charge in [0.2, 0.25) is 6.10 Å². The molecule has 3 aromatic rings. The molecule has 1 amide bonds. The normalized spacial score (nSPS) is 16.2. The Morgan fingerprint density at radius 3 is 2.77 bits per heavy atom. The summed E-state index contributed by atoms with van der Waals surface area (Å²) in [5.74, 6) is 0.868. The Hall–Kier alpha value is -3.28. The maximum Gasteiger partial charge on any atom is 0.284 e. The number of hydrogen-bond acceptors (Lipinski definition) is 4. The number of aromatic nitrogens is 1. The van der Waals surface area contributed by atoms with E-state index in [0.717, 1.165) is 22.2 Å². The van der Waals surface area contributed by atoms with Crippen molar-refractivity contribution in [3.63, 3.8) is 0 Å². The van der Waals surface area contributed by atoms with Gasteiger partial charge in [0.1, 0.15) is 6.61 Å². The molecule has 4 rings (SSSR count). The van der Waals surface area contributed by atoms with E-state index in [9.17, 15) is 4.79 Å². The fourth-order valence-electron chi connectivity index (χ4n) is 3.09. The maximum absolute atomic E-state index is 12.3. The van der Waals surface area contributed by atoms with Gasteiger partial charge in [-0.25, -0.2) is 5.43 Å². The Balaban J connectivity index is 1.48. The highest BCUT2D eigenvalue weighted by molar-refractivity contribution is 6.01. The number of rotatable bonds is 3. The molecule has 6 nitrogen and oxygen atoms in total. The zero-order chi connectivity index (χ0) is 18.1. The molecule has 1 atom stereocenters. The standard InChI is InChI=1S/C20H19N3O3/c1-13-15(14-7-3-4-8-16(14)23(13)2)11-21-22-20(24)19-12-25-17-9-5-6-10-18(17)26-19/h3-11,19H,12H2,1-2H3,(H,22,24)/b21-11+/t19-/m1/s1. The number of aryl methyl sites for hydroxylation is 1. The zero-order valence-electron chi connectivity index (χ0n) is 14.6. The average Bonchev–Trinajstić information content (AvgIpc) is 2.92. The van der Waals surface area contributed by atoms with Crippen molar-refractivity contribution in [2.24, 2.45) is 12.1 Å². The van der Waals surface area contributed by atoms with Crippen molar-refractivity contribution < 1.29 is 14.3 Å². The van der Waals surface area contributed by atoms with Gasteiger partial charge in [-0.05, 0) is 25.1 Å². The molecule has 0 saturated carbocycles. The molecule has 26 heavy (non-hydrogen) atoms. The van der Waals surface area contributed by atoms with Crippen LogP contribution in [0.4, 0.5) is 0 Å². The summed E-state index contributed by atoms with van der Waals surface area (Å²) >= 11 is 0. The Labute approximate surface area is 151 Å². The molecule has 0 spiro atoms. The van der Waals surface area contributed by atoms with Gasteiger partial charge in [0.05, 0.1) is 6.21 Å². The lowest BCUT2D eigenvalue weighted by Gasteiger charge is -2.24. The van der Waals surface area contributed by atoms with Crippen LogP contribution in [0.15, 0.2) is 53.6 Å². The monoisotopic (exact) mass is 349 g/mol. The Morgan fingerprint density at radius 2 is 1.92 bits per heavy atom. The summed E-state index contributed by atoms with van der Waals surface area (Å²) in [5, 5.41) is 5.22. The molecule has 1 aromatic heterocycles. The first-order chi connectivity index (χ1) is 12.6. The van der Waals surface area contributed by atoms with Crippen LogP contribution < -0.4 is 14.9 Å². The lowest BCUT2D eigenvalue weighted by molar-refractivity contribution is -0.130. The van der Waals surface area contributed by atoms with Gasteiger partial charge < -0.3 is 14.0 Å². The summed E-state index contributed by atoms with van der Waals surface area (Å²) in [5.41, 5.74) is 5.73. The largest absolute Gasteiger partial charge is 0.485 e. The number of hydrogen-bond donors (Lipinski definition) is 1. The summed E-state index contributed by atoms with van der Waals surface area (Å²) in [4.78, 5) is 12.3. The molecule has 0 fully saturated rings. The summed E-state index contributed by atoms with van der Waals surface area (Å²) in [6.45, 7) is 2.18. The van der Waals surface area contributed by atoms with Crippen molar-refractivity contribution >= 4 is 23.0 Å². The van der Waals surface area contributed by atoms with Gasteiger partial charge in [0, 0.05) is 29.2 Å². The van der Waals surface area contributed by atoms with E-state index in [1.165, 1.54) is 0 Å². The SMILES string of the molecule is Cc1c(/C=N/NC(=O)[C@H]2COc3ccccc3O2)c2ccccc2n1C. The molecule has 0 bridgehead atoms. The first kappa shape index (κ1) is 16.2. The van der Waals surface area contributed by atoms with E-state index < -0.39 is 6.10 Å². The number of nitrogens with zero attached hydrogens (tertiary/aromatic N) is 2. The third-order valence-electron chi connectivity index (χ3n) is 4.62. The highest BCUT2D eigenvalue weighted by Gasteiger charge is 2.27. The van der Waals surface area contributed by atoms with Crippen LogP contribution in [0, 0.1) is 6.92 Å². The molecule has 1 aliphatic heterocycles. The second-order valence-electron chi connectivity index (χ2n) is 6.17. The van der Waals surface area contributed by atoms with Gasteiger partial charge in [-0.3, -0.25) is 4.79 Å². The van der Waals surface area contributed by atoms with E-state index in [4.69, 9.17) is 9.47 Å². The fraction of sp³-hybridized carbons (Fsp3) is 0.200. The van der Waals surface area contributed by atoms with E-state index in [-0.39, 0.29) is 12.5 Å². The van der Waals surface area contributed by atoms with E-state index in [1.54, 1.807) is 12.3 Å². The second kappa shape index (κ2) is 6.55. The fourth-order valence-corrected chi connectivity index (χ4v) is 3.09. The minimum absolute atomic E-state index is 0.158. The second-order valence-corrected chi connectivity index (χ2v) is 6.17. The van der Waals surface area contributed by atoms with Gasteiger partial charge >= 0.3 is 0 Å². The van der Waals surface area contributed by atoms with Crippen LogP contribution in [0.25, 0.3) is 10.9 Å². The number of fused-ring (bicyclic) bond motifs is 2. The molecule has 132 valence electrons. The minimum Gasteiger partial charge on any atom is -0.485 e. The molecular weight excluding hydrogens is 330 g/mol. The molecule has 1 N–H and O–H groups in total. The predicted octanol–water partition coefficient (Wildman–Crippen LogP) is 2.78. The van der Waals surface area contributed by atoms with Crippen LogP contribution in [0.5, 0.6) is 11.5 Å². The number of carbonyl (C=O) groups excluding carboxylic acids is 1. The maximum atomic E-state index is 12.3. The van der Waals surface area contributed by atoms with E-state index in [2.05, 4.69) is 21.2 Å². The van der Waals surface area contributed by atoms with Gasteiger partial charge in [-0.1, -0.05) is 30.3 Å². The molecule has 2 aromatic carbocycles. The Bertz CT molecular complexity index is 1010. The molecule has 2 heterocycles. The van der Waals surface area contributed by atoms with Crippen LogP contribution in [-0.2, 0) is 11.8 Å². The molecular formula is C20H19N3O3. The summed E-state index contributed by atoms with van der Waals surface area (Å²) in [7, 11) is 2.01. The molecule has 6 heteroatoms. The van der Waals surface area contributed by atoms with Crippen molar-refractivity contribution in [1.82, 2.24) is 9.99 Å². The van der Waals surface area contributed by atoms with Crippen LogP contribution in [0.1, 0.15) is 11.3 Å². The van der Waals surface area contributed by atoms with Gasteiger partial charge in [0.25, 0.3) is 5.91 Å². The molecule has 0 aliphatic carbocycles.